The lowest BCUT2D eigenvalue weighted by molar-refractivity contribution is 1.16. The molecular weight excluding hydrogens is 206 g/mol. The molecule has 0 N–H and O–H groups in total. The first-order valence-electron chi connectivity index (χ1n) is 3.67. The number of hydrogen-bond donors (Lipinski definition) is 0. The van der Waals surface area contributed by atoms with Crippen molar-refractivity contribution < 1.29 is 0 Å². The Bertz CT molecular complexity index is 387. The van der Waals surface area contributed by atoms with Crippen LogP contribution in [0.25, 0.3) is 10.7 Å². The van der Waals surface area contributed by atoms with Crippen molar-refractivity contribution in [2.45, 2.75) is 5.88 Å². The number of halogens is 1. The molecule has 2 aromatic heterocycles. The lowest BCUT2D eigenvalue weighted by atomic mass is 10.4. The second-order valence-corrected chi connectivity index (χ2v) is 3.74. The smallest absolute Gasteiger partial charge is 0.142 e. The lowest BCUT2D eigenvalue weighted by Gasteiger charge is -1.90. The minimum Gasteiger partial charge on any atom is -0.245 e. The van der Waals surface area contributed by atoms with Crippen LogP contribution in [0.15, 0.2) is 24.8 Å². The third kappa shape index (κ3) is 1.84. The van der Waals surface area contributed by atoms with E-state index in [0.29, 0.717) is 5.88 Å². The zero-order chi connectivity index (χ0) is 9.10. The number of aromatic nitrogens is 3. The first-order valence-corrected chi connectivity index (χ1v) is 5.02. The van der Waals surface area contributed by atoms with E-state index in [-0.39, 0.29) is 0 Å². The lowest BCUT2D eigenvalue weighted by Crippen LogP contribution is -1.81. The number of alkyl halides is 1. The molecule has 0 spiro atoms. The quantitative estimate of drug-likeness (QED) is 0.716. The first-order chi connectivity index (χ1) is 6.40. The molecule has 0 saturated carbocycles. The fourth-order valence-electron chi connectivity index (χ4n) is 0.905. The van der Waals surface area contributed by atoms with Crippen LogP contribution in [0.3, 0.4) is 0 Å². The van der Waals surface area contributed by atoms with Crippen LogP contribution in [0.1, 0.15) is 4.88 Å². The van der Waals surface area contributed by atoms with Gasteiger partial charge < -0.3 is 0 Å². The standard InChI is InChI=1S/C8H6ClN3S/c9-3-6-4-11-8(13-6)7-1-2-10-5-12-7/h1-2,4-5H,3H2. The molecule has 0 aromatic carbocycles. The van der Waals surface area contributed by atoms with E-state index in [2.05, 4.69) is 15.0 Å². The zero-order valence-electron chi connectivity index (χ0n) is 6.64. The molecule has 0 saturated heterocycles. The summed E-state index contributed by atoms with van der Waals surface area (Å²) >= 11 is 7.22. The molecule has 13 heavy (non-hydrogen) atoms. The van der Waals surface area contributed by atoms with E-state index in [1.165, 1.54) is 6.33 Å². The Morgan fingerprint density at radius 1 is 1.38 bits per heavy atom. The monoisotopic (exact) mass is 211 g/mol. The van der Waals surface area contributed by atoms with E-state index in [0.717, 1.165) is 15.6 Å². The largest absolute Gasteiger partial charge is 0.245 e. The minimum absolute atomic E-state index is 0.503. The van der Waals surface area contributed by atoms with Crippen molar-refractivity contribution in [2.24, 2.45) is 0 Å². The van der Waals surface area contributed by atoms with E-state index in [4.69, 9.17) is 11.6 Å². The van der Waals surface area contributed by atoms with Gasteiger partial charge in [-0.25, -0.2) is 15.0 Å². The Balaban J connectivity index is 2.36. The third-order valence-corrected chi connectivity index (χ3v) is 2.95. The topological polar surface area (TPSA) is 38.7 Å². The third-order valence-electron chi connectivity index (χ3n) is 1.49. The molecular formula is C8H6ClN3S. The van der Waals surface area contributed by atoms with Crippen LogP contribution in [0, 0.1) is 0 Å². The Labute approximate surface area is 84.5 Å². The maximum atomic E-state index is 5.67. The normalized spacial score (nSPS) is 10.2. The van der Waals surface area contributed by atoms with Crippen molar-refractivity contribution in [3.63, 3.8) is 0 Å². The van der Waals surface area contributed by atoms with Gasteiger partial charge >= 0.3 is 0 Å². The van der Waals surface area contributed by atoms with Crippen LogP contribution in [-0.4, -0.2) is 15.0 Å². The van der Waals surface area contributed by atoms with E-state index in [1.54, 1.807) is 23.7 Å². The summed E-state index contributed by atoms with van der Waals surface area (Å²) in [6.45, 7) is 0. The zero-order valence-corrected chi connectivity index (χ0v) is 8.22. The Hall–Kier alpha value is -1.00. The summed E-state index contributed by atoms with van der Waals surface area (Å²) in [7, 11) is 0. The van der Waals surface area contributed by atoms with Crippen molar-refractivity contribution in [1.29, 1.82) is 0 Å². The van der Waals surface area contributed by atoms with Gasteiger partial charge in [0.15, 0.2) is 0 Å². The highest BCUT2D eigenvalue weighted by Gasteiger charge is 2.03. The molecule has 0 aliphatic rings. The Kier molecular flexibility index (Phi) is 2.52. The Morgan fingerprint density at radius 2 is 2.31 bits per heavy atom. The van der Waals surface area contributed by atoms with Crippen LogP contribution >= 0.6 is 22.9 Å². The summed E-state index contributed by atoms with van der Waals surface area (Å²) in [5, 5.41) is 0.887. The van der Waals surface area contributed by atoms with Gasteiger partial charge in [-0.05, 0) is 6.07 Å². The van der Waals surface area contributed by atoms with E-state index < -0.39 is 0 Å². The molecule has 0 radical (unpaired) electrons. The van der Waals surface area contributed by atoms with Gasteiger partial charge in [0.05, 0.1) is 5.88 Å². The van der Waals surface area contributed by atoms with E-state index in [9.17, 15) is 0 Å². The van der Waals surface area contributed by atoms with Gasteiger partial charge in [-0.1, -0.05) is 0 Å². The molecule has 2 aromatic rings. The van der Waals surface area contributed by atoms with Gasteiger partial charge in [-0.3, -0.25) is 0 Å². The predicted molar refractivity (Wildman–Crippen MR) is 52.7 cm³/mol. The predicted octanol–water partition coefficient (Wildman–Crippen LogP) is 2.34. The average Bonchev–Trinajstić information content (AvgIpc) is 2.67. The number of rotatable bonds is 2. The summed E-state index contributed by atoms with van der Waals surface area (Å²) in [5.74, 6) is 0.503. The highest BCUT2D eigenvalue weighted by Crippen LogP contribution is 2.23. The van der Waals surface area contributed by atoms with Crippen LogP contribution < -0.4 is 0 Å². The van der Waals surface area contributed by atoms with Gasteiger partial charge in [0.2, 0.25) is 0 Å². The summed E-state index contributed by atoms with van der Waals surface area (Å²) < 4.78 is 0. The Morgan fingerprint density at radius 3 is 2.92 bits per heavy atom. The van der Waals surface area contributed by atoms with Gasteiger partial charge in [-0.2, -0.15) is 0 Å². The molecule has 3 nitrogen and oxygen atoms in total. The van der Waals surface area contributed by atoms with Crippen LogP contribution in [0.5, 0.6) is 0 Å². The fourth-order valence-corrected chi connectivity index (χ4v) is 1.88. The maximum absolute atomic E-state index is 5.67. The summed E-state index contributed by atoms with van der Waals surface area (Å²) in [5.41, 5.74) is 0.844. The number of hydrogen-bond acceptors (Lipinski definition) is 4. The molecule has 2 heterocycles. The molecule has 0 bridgehead atoms. The fraction of sp³-hybridized carbons (Fsp3) is 0.125. The van der Waals surface area contributed by atoms with Crippen molar-refractivity contribution in [3.05, 3.63) is 29.7 Å². The highest BCUT2D eigenvalue weighted by atomic mass is 35.5. The number of thiazole rings is 1. The average molecular weight is 212 g/mol. The molecule has 0 atom stereocenters. The van der Waals surface area contributed by atoms with E-state index in [1.807, 2.05) is 6.07 Å². The summed E-state index contributed by atoms with van der Waals surface area (Å²) in [4.78, 5) is 13.2. The second kappa shape index (κ2) is 3.81. The molecule has 0 amide bonds. The molecule has 0 aliphatic heterocycles. The molecule has 0 aliphatic carbocycles. The second-order valence-electron chi connectivity index (χ2n) is 2.36. The minimum atomic E-state index is 0.503. The summed E-state index contributed by atoms with van der Waals surface area (Å²) in [6, 6.07) is 1.83. The number of nitrogens with zero attached hydrogens (tertiary/aromatic N) is 3. The van der Waals surface area contributed by atoms with Crippen LogP contribution in [0.4, 0.5) is 0 Å². The van der Waals surface area contributed by atoms with Crippen molar-refractivity contribution >= 4 is 22.9 Å². The molecule has 0 fully saturated rings. The SMILES string of the molecule is ClCc1cnc(-c2ccncn2)s1. The summed E-state index contributed by atoms with van der Waals surface area (Å²) in [6.07, 6.45) is 4.98. The molecule has 0 unspecified atom stereocenters. The van der Waals surface area contributed by atoms with Gasteiger partial charge in [0, 0.05) is 17.3 Å². The highest BCUT2D eigenvalue weighted by molar-refractivity contribution is 7.15. The van der Waals surface area contributed by atoms with Gasteiger partial charge in [-0.15, -0.1) is 22.9 Å². The molecule has 2 rings (SSSR count). The maximum Gasteiger partial charge on any atom is 0.142 e. The van der Waals surface area contributed by atoms with Gasteiger partial charge in [0.25, 0.3) is 0 Å². The van der Waals surface area contributed by atoms with Crippen molar-refractivity contribution in [1.82, 2.24) is 15.0 Å². The van der Waals surface area contributed by atoms with Gasteiger partial charge in [0.1, 0.15) is 17.0 Å². The van der Waals surface area contributed by atoms with Crippen molar-refractivity contribution in [2.75, 3.05) is 0 Å². The van der Waals surface area contributed by atoms with Crippen molar-refractivity contribution in [3.8, 4) is 10.7 Å². The van der Waals surface area contributed by atoms with Crippen LogP contribution in [-0.2, 0) is 5.88 Å². The van der Waals surface area contributed by atoms with E-state index >= 15 is 0 Å². The first kappa shape index (κ1) is 8.59. The molecule has 66 valence electrons. The van der Waals surface area contributed by atoms with Crippen LogP contribution in [0.2, 0.25) is 0 Å². The molecule has 5 heteroatoms.